The summed E-state index contributed by atoms with van der Waals surface area (Å²) in [5.41, 5.74) is 2.82. The Hall–Kier alpha value is -1.78. The standard InChI is InChI=1S/C16H12ClFN2S/c17-8-5-14-15(11-1-3-13(18)4-2-11)20-16(21-14)12-6-9-19-10-7-12/h1-4,6-7,9-10H,5,8H2. The van der Waals surface area contributed by atoms with Gasteiger partial charge in [0.1, 0.15) is 10.8 Å². The van der Waals surface area contributed by atoms with E-state index in [9.17, 15) is 4.39 Å². The normalized spacial score (nSPS) is 10.8. The Morgan fingerprint density at radius 2 is 1.71 bits per heavy atom. The van der Waals surface area contributed by atoms with Crippen molar-refractivity contribution < 1.29 is 4.39 Å². The first-order chi connectivity index (χ1) is 10.3. The third-order valence-corrected chi connectivity index (χ3v) is 4.42. The predicted molar refractivity (Wildman–Crippen MR) is 85.2 cm³/mol. The summed E-state index contributed by atoms with van der Waals surface area (Å²) in [7, 11) is 0. The predicted octanol–water partition coefficient (Wildman–Crippen LogP) is 4.79. The zero-order chi connectivity index (χ0) is 14.7. The van der Waals surface area contributed by atoms with Gasteiger partial charge in [-0.15, -0.1) is 22.9 Å². The van der Waals surface area contributed by atoms with Crippen molar-refractivity contribution in [2.45, 2.75) is 6.42 Å². The fourth-order valence-corrected chi connectivity index (χ4v) is 3.45. The molecular formula is C16H12ClFN2S. The van der Waals surface area contributed by atoms with Gasteiger partial charge in [-0.25, -0.2) is 9.37 Å². The highest BCUT2D eigenvalue weighted by Gasteiger charge is 2.14. The molecule has 0 aliphatic carbocycles. The molecule has 5 heteroatoms. The number of nitrogens with zero attached hydrogens (tertiary/aromatic N) is 2. The number of hydrogen-bond donors (Lipinski definition) is 0. The molecule has 0 aliphatic heterocycles. The van der Waals surface area contributed by atoms with Gasteiger partial charge in [0.25, 0.3) is 0 Å². The van der Waals surface area contributed by atoms with Gasteiger partial charge in [0.05, 0.1) is 5.69 Å². The molecule has 0 atom stereocenters. The van der Waals surface area contributed by atoms with E-state index in [4.69, 9.17) is 16.6 Å². The first-order valence-corrected chi connectivity index (χ1v) is 7.85. The average molecular weight is 319 g/mol. The van der Waals surface area contributed by atoms with Gasteiger partial charge < -0.3 is 0 Å². The summed E-state index contributed by atoms with van der Waals surface area (Å²) < 4.78 is 13.1. The zero-order valence-electron chi connectivity index (χ0n) is 11.1. The van der Waals surface area contributed by atoms with Crippen LogP contribution in [0.1, 0.15) is 4.88 Å². The summed E-state index contributed by atoms with van der Waals surface area (Å²) in [5.74, 6) is 0.286. The topological polar surface area (TPSA) is 25.8 Å². The van der Waals surface area contributed by atoms with Gasteiger partial charge in [-0.3, -0.25) is 4.98 Å². The molecule has 3 aromatic rings. The van der Waals surface area contributed by atoms with Gasteiger partial charge in [0.2, 0.25) is 0 Å². The highest BCUT2D eigenvalue weighted by atomic mass is 35.5. The maximum Gasteiger partial charge on any atom is 0.124 e. The largest absolute Gasteiger partial charge is 0.265 e. The highest BCUT2D eigenvalue weighted by Crippen LogP contribution is 2.34. The first kappa shape index (κ1) is 14.2. The number of halogens is 2. The minimum absolute atomic E-state index is 0.248. The lowest BCUT2D eigenvalue weighted by atomic mass is 10.1. The molecule has 2 nitrogen and oxygen atoms in total. The van der Waals surface area contributed by atoms with E-state index in [1.165, 1.54) is 12.1 Å². The van der Waals surface area contributed by atoms with Crippen LogP contribution in [0.15, 0.2) is 48.8 Å². The van der Waals surface area contributed by atoms with Crippen LogP contribution in [0.25, 0.3) is 21.8 Å². The molecular weight excluding hydrogens is 307 g/mol. The molecule has 0 fully saturated rings. The van der Waals surface area contributed by atoms with Gasteiger partial charge >= 0.3 is 0 Å². The van der Waals surface area contributed by atoms with E-state index in [1.54, 1.807) is 35.9 Å². The van der Waals surface area contributed by atoms with Crippen LogP contribution in [0, 0.1) is 5.82 Å². The molecule has 0 aliphatic rings. The second-order valence-electron chi connectivity index (χ2n) is 4.47. The molecule has 0 unspecified atom stereocenters. The molecule has 1 aromatic carbocycles. The average Bonchev–Trinajstić information content (AvgIpc) is 2.93. The Morgan fingerprint density at radius 3 is 2.38 bits per heavy atom. The van der Waals surface area contributed by atoms with Crippen molar-refractivity contribution in [3.63, 3.8) is 0 Å². The molecule has 2 heterocycles. The molecule has 2 aromatic heterocycles. The summed E-state index contributed by atoms with van der Waals surface area (Å²) in [5, 5.41) is 0.928. The summed E-state index contributed by atoms with van der Waals surface area (Å²) in [4.78, 5) is 9.84. The highest BCUT2D eigenvalue weighted by molar-refractivity contribution is 7.15. The lowest BCUT2D eigenvalue weighted by Gasteiger charge is -2.00. The monoisotopic (exact) mass is 318 g/mol. The van der Waals surface area contributed by atoms with E-state index in [2.05, 4.69) is 4.98 Å². The van der Waals surface area contributed by atoms with E-state index in [0.29, 0.717) is 5.88 Å². The number of pyridine rings is 1. The van der Waals surface area contributed by atoms with Gasteiger partial charge in [0.15, 0.2) is 0 Å². The van der Waals surface area contributed by atoms with Crippen LogP contribution in [-0.2, 0) is 6.42 Å². The molecule has 106 valence electrons. The Morgan fingerprint density at radius 1 is 1.00 bits per heavy atom. The SMILES string of the molecule is Fc1ccc(-c2nc(-c3ccncc3)sc2CCCl)cc1. The third-order valence-electron chi connectivity index (χ3n) is 3.06. The van der Waals surface area contributed by atoms with Gasteiger partial charge in [-0.1, -0.05) is 0 Å². The van der Waals surface area contributed by atoms with Crippen molar-refractivity contribution in [3.8, 4) is 21.8 Å². The number of thiazole rings is 1. The number of rotatable bonds is 4. The minimum atomic E-state index is -0.248. The maximum absolute atomic E-state index is 13.1. The van der Waals surface area contributed by atoms with Crippen molar-refractivity contribution in [3.05, 3.63) is 59.5 Å². The van der Waals surface area contributed by atoms with E-state index in [1.807, 2.05) is 12.1 Å². The lowest BCUT2D eigenvalue weighted by molar-refractivity contribution is 0.628. The Balaban J connectivity index is 2.06. The second-order valence-corrected chi connectivity index (χ2v) is 5.93. The van der Waals surface area contributed by atoms with Crippen molar-refractivity contribution in [1.82, 2.24) is 9.97 Å². The van der Waals surface area contributed by atoms with Crippen LogP contribution in [0.4, 0.5) is 4.39 Å². The summed E-state index contributed by atoms with van der Waals surface area (Å²) in [6.07, 6.45) is 4.24. The smallest absolute Gasteiger partial charge is 0.124 e. The Kier molecular flexibility index (Phi) is 4.27. The van der Waals surface area contributed by atoms with Crippen LogP contribution in [0.3, 0.4) is 0 Å². The molecule has 0 saturated carbocycles. The van der Waals surface area contributed by atoms with Crippen molar-refractivity contribution >= 4 is 22.9 Å². The van der Waals surface area contributed by atoms with E-state index >= 15 is 0 Å². The van der Waals surface area contributed by atoms with Gasteiger partial charge in [0, 0.05) is 34.3 Å². The van der Waals surface area contributed by atoms with E-state index in [0.717, 1.165) is 33.1 Å². The van der Waals surface area contributed by atoms with E-state index in [-0.39, 0.29) is 5.82 Å². The molecule has 0 amide bonds. The summed E-state index contributed by atoms with van der Waals surface area (Å²) >= 11 is 7.50. The zero-order valence-corrected chi connectivity index (χ0v) is 12.7. The quantitative estimate of drug-likeness (QED) is 0.646. The van der Waals surface area contributed by atoms with Crippen LogP contribution >= 0.6 is 22.9 Å². The van der Waals surface area contributed by atoms with Crippen LogP contribution < -0.4 is 0 Å². The van der Waals surface area contributed by atoms with Gasteiger partial charge in [-0.05, 0) is 42.8 Å². The molecule has 0 spiro atoms. The summed E-state index contributed by atoms with van der Waals surface area (Å²) in [6, 6.07) is 10.3. The van der Waals surface area contributed by atoms with Crippen molar-refractivity contribution in [2.75, 3.05) is 5.88 Å². The van der Waals surface area contributed by atoms with Crippen molar-refractivity contribution in [2.24, 2.45) is 0 Å². The fraction of sp³-hybridized carbons (Fsp3) is 0.125. The molecule has 21 heavy (non-hydrogen) atoms. The molecule has 0 N–H and O–H groups in total. The lowest BCUT2D eigenvalue weighted by Crippen LogP contribution is -1.87. The second kappa shape index (κ2) is 6.33. The van der Waals surface area contributed by atoms with Crippen LogP contribution in [-0.4, -0.2) is 15.8 Å². The number of alkyl halides is 1. The molecule has 0 bridgehead atoms. The summed E-state index contributed by atoms with van der Waals surface area (Å²) in [6.45, 7) is 0. The Bertz CT molecular complexity index is 726. The Labute approximate surface area is 131 Å². The molecule has 0 radical (unpaired) electrons. The number of benzene rings is 1. The van der Waals surface area contributed by atoms with Crippen LogP contribution in [0.2, 0.25) is 0 Å². The minimum Gasteiger partial charge on any atom is -0.265 e. The number of hydrogen-bond acceptors (Lipinski definition) is 3. The number of aromatic nitrogens is 2. The fourth-order valence-electron chi connectivity index (χ4n) is 2.06. The molecule has 3 rings (SSSR count). The maximum atomic E-state index is 13.1. The number of aryl methyl sites for hydroxylation is 1. The van der Waals surface area contributed by atoms with Gasteiger partial charge in [-0.2, -0.15) is 0 Å². The van der Waals surface area contributed by atoms with E-state index < -0.39 is 0 Å². The van der Waals surface area contributed by atoms with Crippen LogP contribution in [0.5, 0.6) is 0 Å². The third kappa shape index (κ3) is 3.12. The van der Waals surface area contributed by atoms with Crippen molar-refractivity contribution in [1.29, 1.82) is 0 Å². The molecule has 0 saturated heterocycles. The first-order valence-electron chi connectivity index (χ1n) is 6.50.